The molecule has 2 heterocycles. The molecule has 1 amide bonds. The van der Waals surface area contributed by atoms with Gasteiger partial charge in [-0.3, -0.25) is 4.79 Å². The molecule has 0 aliphatic heterocycles. The van der Waals surface area contributed by atoms with E-state index in [0.717, 1.165) is 14.6 Å². The Labute approximate surface area is 123 Å². The summed E-state index contributed by atoms with van der Waals surface area (Å²) in [5.74, 6) is -0.494. The highest BCUT2D eigenvalue weighted by atomic mass is 32.2. The van der Waals surface area contributed by atoms with Crippen LogP contribution in [0, 0.1) is 0 Å². The highest BCUT2D eigenvalue weighted by Crippen LogP contribution is 2.35. The molecule has 2 aromatic heterocycles. The second-order valence-corrected chi connectivity index (χ2v) is 6.30. The molecule has 1 aromatic carbocycles. The smallest absolute Gasteiger partial charge is 0.251 e. The Bertz CT molecular complexity index is 800. The van der Waals surface area contributed by atoms with Gasteiger partial charge in [0.25, 0.3) is 5.91 Å². The normalized spacial score (nSPS) is 10.8. The lowest BCUT2D eigenvalue weighted by Gasteiger charge is -2.01. The Morgan fingerprint density at radius 1 is 1.30 bits per heavy atom. The number of nitrogen functional groups attached to an aromatic ring is 1. The van der Waals surface area contributed by atoms with Gasteiger partial charge < -0.3 is 11.5 Å². The third-order valence-corrected chi connectivity index (χ3v) is 4.71. The molecule has 7 heteroatoms. The first-order valence-electron chi connectivity index (χ1n) is 5.72. The minimum absolute atomic E-state index is 0.399. The van der Waals surface area contributed by atoms with Gasteiger partial charge in [-0.1, -0.05) is 0 Å². The summed E-state index contributed by atoms with van der Waals surface area (Å²) in [7, 11) is 0. The van der Waals surface area contributed by atoms with Gasteiger partial charge in [0.15, 0.2) is 4.34 Å². The molecular weight excluding hydrogens is 292 g/mol. The molecule has 4 N–H and O–H groups in total. The molecule has 0 atom stereocenters. The average Bonchev–Trinajstić information content (AvgIpc) is 2.80. The highest BCUT2D eigenvalue weighted by molar-refractivity contribution is 8.01. The van der Waals surface area contributed by atoms with E-state index in [2.05, 4.69) is 9.97 Å². The monoisotopic (exact) mass is 302 g/mol. The van der Waals surface area contributed by atoms with Crippen molar-refractivity contribution < 1.29 is 4.79 Å². The fraction of sp³-hybridized carbons (Fsp3) is 0. The van der Waals surface area contributed by atoms with E-state index in [1.54, 1.807) is 18.3 Å². The summed E-state index contributed by atoms with van der Waals surface area (Å²) in [5, 5.41) is 0.562. The van der Waals surface area contributed by atoms with Crippen LogP contribution in [0.25, 0.3) is 10.2 Å². The summed E-state index contributed by atoms with van der Waals surface area (Å²) < 4.78 is 1.80. The van der Waals surface area contributed by atoms with Crippen molar-refractivity contribution in [3.05, 3.63) is 42.1 Å². The molecule has 0 radical (unpaired) electrons. The summed E-state index contributed by atoms with van der Waals surface area (Å²) in [4.78, 5) is 20.0. The third-order valence-electron chi connectivity index (χ3n) is 2.61. The number of fused-ring (bicyclic) bond motifs is 1. The number of carbonyl (C=O) groups excluding carboxylic acids is 1. The van der Waals surface area contributed by atoms with E-state index in [-0.39, 0.29) is 0 Å². The number of anilines is 1. The number of amides is 1. The van der Waals surface area contributed by atoms with Gasteiger partial charge in [-0.05, 0) is 42.1 Å². The Morgan fingerprint density at radius 2 is 2.15 bits per heavy atom. The third kappa shape index (κ3) is 2.45. The van der Waals surface area contributed by atoms with Gasteiger partial charge in [-0.25, -0.2) is 9.97 Å². The number of pyridine rings is 1. The summed E-state index contributed by atoms with van der Waals surface area (Å²) in [5.41, 5.74) is 13.1. The van der Waals surface area contributed by atoms with E-state index in [9.17, 15) is 4.79 Å². The van der Waals surface area contributed by atoms with Crippen LogP contribution in [0.1, 0.15) is 10.4 Å². The Kier molecular flexibility index (Phi) is 3.29. The minimum Gasteiger partial charge on any atom is -0.399 e. The van der Waals surface area contributed by atoms with Gasteiger partial charge in [-0.15, -0.1) is 11.3 Å². The maximum atomic E-state index is 11.4. The van der Waals surface area contributed by atoms with Crippen molar-refractivity contribution in [1.29, 1.82) is 0 Å². The van der Waals surface area contributed by atoms with Crippen molar-refractivity contribution in [1.82, 2.24) is 9.97 Å². The summed E-state index contributed by atoms with van der Waals surface area (Å²) in [6, 6.07) is 8.90. The van der Waals surface area contributed by atoms with Gasteiger partial charge in [0.2, 0.25) is 0 Å². The van der Waals surface area contributed by atoms with Gasteiger partial charge >= 0.3 is 0 Å². The topological polar surface area (TPSA) is 94.9 Å². The molecule has 0 aliphatic carbocycles. The number of nitrogens with two attached hydrogens (primary N) is 2. The van der Waals surface area contributed by atoms with Crippen LogP contribution in [0.3, 0.4) is 0 Å². The number of carbonyl (C=O) groups is 1. The van der Waals surface area contributed by atoms with Crippen molar-refractivity contribution in [3.63, 3.8) is 0 Å². The van der Waals surface area contributed by atoms with Gasteiger partial charge in [0.1, 0.15) is 5.03 Å². The summed E-state index contributed by atoms with van der Waals surface area (Å²) in [6.07, 6.45) is 1.63. The zero-order valence-electron chi connectivity index (χ0n) is 10.2. The van der Waals surface area contributed by atoms with Crippen LogP contribution in [0.2, 0.25) is 0 Å². The van der Waals surface area contributed by atoms with E-state index in [1.807, 2.05) is 18.2 Å². The fourth-order valence-corrected chi connectivity index (χ4v) is 3.83. The molecule has 0 saturated carbocycles. The van der Waals surface area contributed by atoms with Gasteiger partial charge in [0.05, 0.1) is 15.8 Å². The Hall–Kier alpha value is -2.12. The standard InChI is InChI=1S/C13H10N4OS2/c14-7-3-4-9-10(6-7)19-13(17-9)20-12-8(11(15)18)2-1-5-16-12/h1-6H,14H2,(H2,15,18). The van der Waals surface area contributed by atoms with Crippen LogP contribution in [0.5, 0.6) is 0 Å². The number of thiazole rings is 1. The molecule has 5 nitrogen and oxygen atoms in total. The quantitative estimate of drug-likeness (QED) is 0.725. The Balaban J connectivity index is 1.99. The molecule has 3 rings (SSSR count). The lowest BCUT2D eigenvalue weighted by molar-refractivity contribution is 0.0997. The number of hydrogen-bond acceptors (Lipinski definition) is 6. The van der Waals surface area contributed by atoms with E-state index in [1.165, 1.54) is 23.1 Å². The van der Waals surface area contributed by atoms with Crippen molar-refractivity contribution in [2.75, 3.05) is 5.73 Å². The van der Waals surface area contributed by atoms with Crippen LogP contribution in [0.15, 0.2) is 45.9 Å². The number of primary amides is 1. The minimum atomic E-state index is -0.494. The first-order valence-corrected chi connectivity index (χ1v) is 7.35. The van der Waals surface area contributed by atoms with Crippen molar-refractivity contribution in [3.8, 4) is 0 Å². The largest absolute Gasteiger partial charge is 0.399 e. The molecule has 0 fully saturated rings. The van der Waals surface area contributed by atoms with E-state index < -0.39 is 5.91 Å². The molecule has 0 bridgehead atoms. The van der Waals surface area contributed by atoms with E-state index >= 15 is 0 Å². The molecule has 0 unspecified atom stereocenters. The first kappa shape index (κ1) is 12.9. The molecule has 0 aliphatic rings. The molecule has 100 valence electrons. The molecule has 0 saturated heterocycles. The van der Waals surface area contributed by atoms with Crippen LogP contribution >= 0.6 is 23.1 Å². The number of benzene rings is 1. The maximum Gasteiger partial charge on any atom is 0.251 e. The summed E-state index contributed by atoms with van der Waals surface area (Å²) >= 11 is 2.84. The average molecular weight is 302 g/mol. The van der Waals surface area contributed by atoms with Gasteiger partial charge in [-0.2, -0.15) is 0 Å². The predicted octanol–water partition coefficient (Wildman–Crippen LogP) is 2.52. The first-order chi connectivity index (χ1) is 9.63. The highest BCUT2D eigenvalue weighted by Gasteiger charge is 2.13. The lowest BCUT2D eigenvalue weighted by atomic mass is 10.3. The zero-order chi connectivity index (χ0) is 14.1. The molecular formula is C13H10N4OS2. The lowest BCUT2D eigenvalue weighted by Crippen LogP contribution is -2.12. The maximum absolute atomic E-state index is 11.4. The number of rotatable bonds is 3. The zero-order valence-corrected chi connectivity index (χ0v) is 11.9. The second kappa shape index (κ2) is 5.10. The SMILES string of the molecule is NC(=O)c1cccnc1Sc1nc2ccc(N)cc2s1. The van der Waals surface area contributed by atoms with E-state index in [0.29, 0.717) is 16.3 Å². The van der Waals surface area contributed by atoms with Crippen LogP contribution in [-0.4, -0.2) is 15.9 Å². The second-order valence-electron chi connectivity index (χ2n) is 4.03. The molecule has 20 heavy (non-hydrogen) atoms. The Morgan fingerprint density at radius 3 is 2.95 bits per heavy atom. The number of hydrogen-bond donors (Lipinski definition) is 2. The molecule has 0 spiro atoms. The fourth-order valence-electron chi connectivity index (χ4n) is 1.71. The van der Waals surface area contributed by atoms with Gasteiger partial charge in [0, 0.05) is 11.9 Å². The van der Waals surface area contributed by atoms with E-state index in [4.69, 9.17) is 11.5 Å². The molecule has 3 aromatic rings. The van der Waals surface area contributed by atoms with Crippen LogP contribution in [0.4, 0.5) is 5.69 Å². The van der Waals surface area contributed by atoms with Crippen molar-refractivity contribution in [2.24, 2.45) is 5.73 Å². The van der Waals surface area contributed by atoms with Crippen molar-refractivity contribution >= 4 is 44.9 Å². The number of nitrogens with zero attached hydrogens (tertiary/aromatic N) is 2. The predicted molar refractivity (Wildman–Crippen MR) is 80.9 cm³/mol. The number of aromatic nitrogens is 2. The van der Waals surface area contributed by atoms with Crippen LogP contribution in [-0.2, 0) is 0 Å². The van der Waals surface area contributed by atoms with Crippen LogP contribution < -0.4 is 11.5 Å². The van der Waals surface area contributed by atoms with Crippen molar-refractivity contribution in [2.45, 2.75) is 9.37 Å². The summed E-state index contributed by atoms with van der Waals surface area (Å²) in [6.45, 7) is 0.